The molecule has 2 heterocycles. The van der Waals surface area contributed by atoms with Crippen molar-refractivity contribution < 1.29 is 9.59 Å². The van der Waals surface area contributed by atoms with Crippen molar-refractivity contribution in [3.8, 4) is 11.3 Å². The van der Waals surface area contributed by atoms with E-state index >= 15 is 0 Å². The Hall–Kier alpha value is -3.93. The molecule has 2 aromatic heterocycles. The van der Waals surface area contributed by atoms with Crippen LogP contribution >= 0.6 is 0 Å². The van der Waals surface area contributed by atoms with Gasteiger partial charge < -0.3 is 15.6 Å². The van der Waals surface area contributed by atoms with Gasteiger partial charge in [0.2, 0.25) is 0 Å². The van der Waals surface area contributed by atoms with Crippen molar-refractivity contribution in [3.63, 3.8) is 0 Å². The molecule has 0 radical (unpaired) electrons. The predicted molar refractivity (Wildman–Crippen MR) is 141 cm³/mol. The molecule has 0 bridgehead atoms. The van der Waals surface area contributed by atoms with Crippen molar-refractivity contribution in [1.82, 2.24) is 9.97 Å². The van der Waals surface area contributed by atoms with Crippen LogP contribution in [0.4, 0.5) is 11.4 Å². The molecule has 0 spiro atoms. The predicted octanol–water partition coefficient (Wildman–Crippen LogP) is 6.43. The lowest BCUT2D eigenvalue weighted by Crippen LogP contribution is -2.22. The maximum atomic E-state index is 12.6. The zero-order chi connectivity index (χ0) is 24.0. The first-order chi connectivity index (χ1) is 17.2. The Bertz CT molecular complexity index is 1300. The number of nitrogens with one attached hydrogen (secondary N) is 3. The van der Waals surface area contributed by atoms with Crippen molar-refractivity contribution in [2.24, 2.45) is 5.92 Å². The first-order valence-electron chi connectivity index (χ1n) is 12.4. The molecule has 1 aliphatic rings. The number of benzene rings is 2. The van der Waals surface area contributed by atoms with Crippen molar-refractivity contribution in [2.45, 2.75) is 38.5 Å². The van der Waals surface area contributed by atoms with Gasteiger partial charge in [-0.1, -0.05) is 49.9 Å². The number of ketones is 1. The third kappa shape index (κ3) is 5.60. The fourth-order valence-corrected chi connectivity index (χ4v) is 4.76. The summed E-state index contributed by atoms with van der Waals surface area (Å²) in [5.74, 6) is 0.309. The van der Waals surface area contributed by atoms with Gasteiger partial charge in [-0.25, -0.2) is 0 Å². The van der Waals surface area contributed by atoms with Gasteiger partial charge in [-0.3, -0.25) is 14.6 Å². The van der Waals surface area contributed by atoms with E-state index in [0.717, 1.165) is 40.7 Å². The number of pyridine rings is 1. The molecule has 0 aliphatic heterocycles. The molecule has 1 saturated carbocycles. The van der Waals surface area contributed by atoms with Gasteiger partial charge in [-0.15, -0.1) is 0 Å². The Morgan fingerprint density at radius 1 is 0.886 bits per heavy atom. The van der Waals surface area contributed by atoms with Crippen LogP contribution in [0, 0.1) is 5.92 Å². The molecule has 3 N–H and O–H groups in total. The summed E-state index contributed by atoms with van der Waals surface area (Å²) in [4.78, 5) is 32.5. The van der Waals surface area contributed by atoms with E-state index in [-0.39, 0.29) is 11.8 Å². The lowest BCUT2D eigenvalue weighted by atomic mass is 9.95. The second-order valence-corrected chi connectivity index (χ2v) is 9.24. The average Bonchev–Trinajstić information content (AvgIpc) is 3.12. The molecule has 0 saturated heterocycles. The normalized spacial score (nSPS) is 14.4. The highest BCUT2D eigenvalue weighted by Gasteiger charge is 2.19. The van der Waals surface area contributed by atoms with E-state index in [0.29, 0.717) is 23.7 Å². The SMILES string of the molecule is O=C(Nc1ccc2cc(-c3ccc(NCC(=O)C4CCCCCC4)cc3)[nH]c2c1)c1ccccn1. The summed E-state index contributed by atoms with van der Waals surface area (Å²) in [6.07, 6.45) is 8.54. The Morgan fingerprint density at radius 3 is 2.40 bits per heavy atom. The summed E-state index contributed by atoms with van der Waals surface area (Å²) in [5.41, 5.74) is 5.03. The average molecular weight is 467 g/mol. The minimum absolute atomic E-state index is 0.217. The standard InChI is InChI=1S/C29H30N4O2/c34-28(21-7-3-1-2-4-8-21)19-31-23-13-10-20(11-14-23)26-17-22-12-15-24(18-27(22)33-26)32-29(35)25-9-5-6-16-30-25/h5-6,9-18,21,31,33H,1-4,7-8,19H2,(H,32,35). The van der Waals surface area contributed by atoms with Crippen LogP contribution in [0.2, 0.25) is 0 Å². The van der Waals surface area contributed by atoms with Crippen molar-refractivity contribution in [1.29, 1.82) is 0 Å². The van der Waals surface area contributed by atoms with E-state index in [4.69, 9.17) is 0 Å². The molecule has 0 unspecified atom stereocenters. The molecule has 2 aromatic carbocycles. The number of carbonyl (C=O) groups excluding carboxylic acids is 2. The lowest BCUT2D eigenvalue weighted by Gasteiger charge is -2.14. The molecule has 1 amide bonds. The van der Waals surface area contributed by atoms with Crippen molar-refractivity contribution in [3.05, 3.63) is 78.6 Å². The number of aromatic amines is 1. The molecule has 5 rings (SSSR count). The van der Waals surface area contributed by atoms with E-state index in [1.165, 1.54) is 25.7 Å². The highest BCUT2D eigenvalue weighted by molar-refractivity contribution is 6.04. The van der Waals surface area contributed by atoms with Crippen LogP contribution in [0.15, 0.2) is 72.9 Å². The Morgan fingerprint density at radius 2 is 1.66 bits per heavy atom. The third-order valence-corrected chi connectivity index (χ3v) is 6.75. The summed E-state index contributed by atoms with van der Waals surface area (Å²) >= 11 is 0. The number of carbonyl (C=O) groups is 2. The molecule has 0 atom stereocenters. The second-order valence-electron chi connectivity index (χ2n) is 9.24. The first-order valence-corrected chi connectivity index (χ1v) is 12.4. The molecular weight excluding hydrogens is 436 g/mol. The second kappa shape index (κ2) is 10.6. The maximum absolute atomic E-state index is 12.6. The van der Waals surface area contributed by atoms with Crippen LogP contribution < -0.4 is 10.6 Å². The fraction of sp³-hybridized carbons (Fsp3) is 0.276. The van der Waals surface area contributed by atoms with Gasteiger partial charge in [-0.2, -0.15) is 0 Å². The highest BCUT2D eigenvalue weighted by Crippen LogP contribution is 2.28. The zero-order valence-electron chi connectivity index (χ0n) is 19.7. The topological polar surface area (TPSA) is 86.9 Å². The number of nitrogens with zero attached hydrogens (tertiary/aromatic N) is 1. The van der Waals surface area contributed by atoms with E-state index in [9.17, 15) is 9.59 Å². The molecule has 4 aromatic rings. The van der Waals surface area contributed by atoms with Crippen LogP contribution in [0.25, 0.3) is 22.2 Å². The van der Waals surface area contributed by atoms with Gasteiger partial charge in [0.05, 0.1) is 6.54 Å². The molecule has 178 valence electrons. The number of rotatable bonds is 7. The van der Waals surface area contributed by atoms with Crippen LogP contribution in [-0.2, 0) is 4.79 Å². The largest absolute Gasteiger partial charge is 0.378 e. The number of hydrogen-bond acceptors (Lipinski definition) is 4. The number of hydrogen-bond donors (Lipinski definition) is 3. The van der Waals surface area contributed by atoms with E-state index < -0.39 is 0 Å². The Kier molecular flexibility index (Phi) is 6.89. The van der Waals surface area contributed by atoms with E-state index in [1.54, 1.807) is 24.4 Å². The number of aromatic nitrogens is 2. The summed E-state index contributed by atoms with van der Waals surface area (Å²) in [5, 5.41) is 7.26. The summed E-state index contributed by atoms with van der Waals surface area (Å²) < 4.78 is 0. The zero-order valence-corrected chi connectivity index (χ0v) is 19.7. The van der Waals surface area contributed by atoms with E-state index in [1.807, 2.05) is 42.5 Å². The number of amides is 1. The summed E-state index contributed by atoms with van der Waals surface area (Å²) in [6, 6.07) is 21.3. The number of anilines is 2. The van der Waals surface area contributed by atoms with Gasteiger partial charge >= 0.3 is 0 Å². The van der Waals surface area contributed by atoms with Crippen molar-refractivity contribution >= 4 is 34.0 Å². The van der Waals surface area contributed by atoms with Gasteiger partial charge in [-0.05, 0) is 60.9 Å². The molecule has 6 heteroatoms. The van der Waals surface area contributed by atoms with Gasteiger partial charge in [0.1, 0.15) is 5.69 Å². The number of H-pyrrole nitrogens is 1. The Balaban J connectivity index is 1.23. The minimum atomic E-state index is -0.239. The fourth-order valence-electron chi connectivity index (χ4n) is 4.76. The smallest absolute Gasteiger partial charge is 0.274 e. The van der Waals surface area contributed by atoms with Gasteiger partial charge in [0.25, 0.3) is 5.91 Å². The van der Waals surface area contributed by atoms with Crippen LogP contribution in [0.5, 0.6) is 0 Å². The van der Waals surface area contributed by atoms with Crippen LogP contribution in [0.1, 0.15) is 49.0 Å². The molecule has 35 heavy (non-hydrogen) atoms. The highest BCUT2D eigenvalue weighted by atomic mass is 16.2. The summed E-state index contributed by atoms with van der Waals surface area (Å²) in [7, 11) is 0. The lowest BCUT2D eigenvalue weighted by molar-refractivity contribution is -0.121. The Labute approximate surface area is 205 Å². The van der Waals surface area contributed by atoms with E-state index in [2.05, 4.69) is 26.7 Å². The quantitative estimate of drug-likeness (QED) is 0.274. The number of fused-ring (bicyclic) bond motifs is 1. The molecule has 6 nitrogen and oxygen atoms in total. The first kappa shape index (κ1) is 22.8. The third-order valence-electron chi connectivity index (χ3n) is 6.75. The molecule has 1 aliphatic carbocycles. The monoisotopic (exact) mass is 466 g/mol. The van der Waals surface area contributed by atoms with Crippen molar-refractivity contribution in [2.75, 3.05) is 17.2 Å². The minimum Gasteiger partial charge on any atom is -0.378 e. The van der Waals surface area contributed by atoms with Gasteiger partial charge in [0, 0.05) is 40.1 Å². The molecular formula is C29H30N4O2. The van der Waals surface area contributed by atoms with Crippen LogP contribution in [-0.4, -0.2) is 28.2 Å². The van der Waals surface area contributed by atoms with Gasteiger partial charge in [0.15, 0.2) is 5.78 Å². The number of Topliss-reactive ketones (excluding diaryl/α,β-unsaturated/α-hetero) is 1. The maximum Gasteiger partial charge on any atom is 0.274 e. The summed E-state index contributed by atoms with van der Waals surface area (Å²) in [6.45, 7) is 0.392. The molecule has 1 fully saturated rings. The van der Waals surface area contributed by atoms with Crippen LogP contribution in [0.3, 0.4) is 0 Å².